The van der Waals surface area contributed by atoms with Crippen LogP contribution in [0.3, 0.4) is 0 Å². The van der Waals surface area contributed by atoms with Crippen molar-refractivity contribution >= 4 is 12.3 Å². The van der Waals surface area contributed by atoms with Crippen molar-refractivity contribution in [3.63, 3.8) is 0 Å². The minimum atomic E-state index is -1.83. The van der Waals surface area contributed by atoms with Gasteiger partial charge in [0.2, 0.25) is 0 Å². The average Bonchev–Trinajstić information content (AvgIpc) is 3.61. The molecule has 5 saturated carbocycles. The number of aldehydes is 1. The van der Waals surface area contributed by atoms with E-state index >= 15 is 0 Å². The van der Waals surface area contributed by atoms with E-state index in [0.717, 1.165) is 23.0 Å². The fourth-order valence-corrected chi connectivity index (χ4v) is 14.3. The Kier molecular flexibility index (Phi) is 7.37. The highest BCUT2D eigenvalue weighted by molar-refractivity contribution is 5.87. The summed E-state index contributed by atoms with van der Waals surface area (Å²) in [7, 11) is 1.87. The van der Waals surface area contributed by atoms with Crippen LogP contribution < -0.4 is 5.32 Å². The van der Waals surface area contributed by atoms with Crippen molar-refractivity contribution < 1.29 is 45.0 Å². The van der Waals surface area contributed by atoms with Crippen molar-refractivity contribution in [3.05, 3.63) is 58.7 Å². The molecule has 10 heteroatoms. The van der Waals surface area contributed by atoms with E-state index in [1.807, 2.05) is 37.4 Å². The van der Waals surface area contributed by atoms with Gasteiger partial charge in [0.15, 0.2) is 0 Å². The van der Waals surface area contributed by atoms with E-state index in [-0.39, 0.29) is 63.2 Å². The maximum Gasteiger partial charge on any atom is 0.331 e. The van der Waals surface area contributed by atoms with Gasteiger partial charge in [0.25, 0.3) is 0 Å². The van der Waals surface area contributed by atoms with Crippen LogP contribution in [0.1, 0.15) is 74.5 Å². The van der Waals surface area contributed by atoms with Crippen LogP contribution in [-0.2, 0) is 27.4 Å². The first-order valence-electron chi connectivity index (χ1n) is 18.8. The molecule has 7 N–H and O–H groups in total. The van der Waals surface area contributed by atoms with Crippen LogP contribution in [0, 0.1) is 57.7 Å². The highest BCUT2D eigenvalue weighted by Crippen LogP contribution is 2.81. The van der Waals surface area contributed by atoms with Crippen molar-refractivity contribution in [1.29, 1.82) is 0 Å². The number of hydrogen-bond donors (Lipinski definition) is 7. The Morgan fingerprint density at radius 2 is 1.88 bits per heavy atom. The molecule has 1 heterocycles. The first-order valence-corrected chi connectivity index (χ1v) is 18.8. The number of aliphatic hydroxyl groups is 6. The molecule has 8 aliphatic carbocycles. The van der Waals surface area contributed by atoms with Crippen LogP contribution in [0.5, 0.6) is 0 Å². The van der Waals surface area contributed by atoms with Gasteiger partial charge in [-0.1, -0.05) is 36.1 Å². The number of carbonyl (C=O) groups is 2. The standard InChI is InChI=1S/C41H49NO9/c1-42-32-15-29-23(6-4-7-25(29)20-43)5-2-3-10-36-17-24-8-9-26-13-28(46)19-37(48)11-12-40(49,35(24)39(26,37)22-45)41(36,50)18-27-14-30(32)34-31(16-33(47)51-34)38(27,36)21-44/h4,6-9,16,22,24,26-28,30,32,34-35,42-44,46,48-50H,3,10-15,17-21H2,1H3/t24-,26+,27+,28+,30-,32+,34+,35-,36-,37+,38-,39-,40+,41-/m1/s1. The van der Waals surface area contributed by atoms with Crippen molar-refractivity contribution in [2.45, 2.75) is 106 Å². The van der Waals surface area contributed by atoms with Gasteiger partial charge in [-0.05, 0) is 98.9 Å². The summed E-state index contributed by atoms with van der Waals surface area (Å²) >= 11 is 0. The molecule has 0 amide bonds. The maximum absolute atomic E-state index is 13.8. The molecule has 4 bridgehead atoms. The molecule has 10 rings (SSSR count). The van der Waals surface area contributed by atoms with Crippen molar-refractivity contribution in [2.75, 3.05) is 13.7 Å². The molecule has 0 saturated heterocycles. The van der Waals surface area contributed by atoms with E-state index in [9.17, 15) is 40.2 Å². The molecule has 5 fully saturated rings. The molecule has 0 aromatic heterocycles. The lowest BCUT2D eigenvalue weighted by atomic mass is 9.33. The summed E-state index contributed by atoms with van der Waals surface area (Å²) < 4.78 is 6.17. The lowest BCUT2D eigenvalue weighted by Crippen LogP contribution is -2.81. The summed E-state index contributed by atoms with van der Waals surface area (Å²) in [6.07, 6.45) is 7.22. The third-order valence-corrected chi connectivity index (χ3v) is 16.1. The summed E-state index contributed by atoms with van der Waals surface area (Å²) in [5.74, 6) is 3.85. The number of benzene rings is 1. The molecule has 1 aliphatic heterocycles. The van der Waals surface area contributed by atoms with Crippen molar-refractivity contribution in [3.8, 4) is 11.8 Å². The second kappa shape index (κ2) is 11.1. The number of fused-ring (bicyclic) bond motifs is 4. The van der Waals surface area contributed by atoms with Crippen LogP contribution in [-0.4, -0.2) is 91.6 Å². The van der Waals surface area contributed by atoms with Crippen LogP contribution in [0.25, 0.3) is 0 Å². The number of carbonyl (C=O) groups excluding carboxylic acids is 2. The molecular weight excluding hydrogens is 650 g/mol. The Morgan fingerprint density at radius 3 is 2.63 bits per heavy atom. The van der Waals surface area contributed by atoms with Crippen LogP contribution in [0.2, 0.25) is 0 Å². The number of likely N-dealkylation sites (N-methyl/N-ethyl adjacent to an activating group) is 1. The molecule has 0 radical (unpaired) electrons. The molecule has 1 spiro atoms. The zero-order valence-corrected chi connectivity index (χ0v) is 29.1. The predicted molar refractivity (Wildman–Crippen MR) is 183 cm³/mol. The third-order valence-electron chi connectivity index (χ3n) is 16.1. The first kappa shape index (κ1) is 33.9. The lowest BCUT2D eigenvalue weighted by Gasteiger charge is -2.73. The Hall–Kier alpha value is -2.88. The fraction of sp³-hybridized carbons (Fsp3) is 0.659. The zero-order chi connectivity index (χ0) is 35.8. The van der Waals surface area contributed by atoms with Crippen molar-refractivity contribution in [1.82, 2.24) is 5.32 Å². The minimum absolute atomic E-state index is 0.0173. The maximum atomic E-state index is 13.8. The van der Waals surface area contributed by atoms with E-state index in [4.69, 9.17) is 4.74 Å². The van der Waals surface area contributed by atoms with Crippen LogP contribution in [0.4, 0.5) is 0 Å². The molecular formula is C41H49NO9. The second-order valence-electron chi connectivity index (χ2n) is 17.3. The third kappa shape index (κ3) is 3.84. The number of nitrogens with one attached hydrogen (secondary N) is 1. The predicted octanol–water partition coefficient (Wildman–Crippen LogP) is 1.46. The van der Waals surface area contributed by atoms with E-state index in [1.165, 1.54) is 6.08 Å². The molecule has 0 unspecified atom stereocenters. The Bertz CT molecular complexity index is 1810. The smallest absolute Gasteiger partial charge is 0.331 e. The van der Waals surface area contributed by atoms with Crippen molar-refractivity contribution in [2.24, 2.45) is 45.8 Å². The molecule has 1 aromatic carbocycles. The number of allylic oxidation sites excluding steroid dienone is 2. The Labute approximate surface area is 298 Å². The number of aliphatic hydroxyl groups excluding tert-OH is 3. The fourth-order valence-electron chi connectivity index (χ4n) is 14.3. The van der Waals surface area contributed by atoms with Gasteiger partial charge in [-0.3, -0.25) is 0 Å². The second-order valence-corrected chi connectivity index (χ2v) is 17.3. The van der Waals surface area contributed by atoms with Gasteiger partial charge in [0.05, 0.1) is 35.9 Å². The van der Waals surface area contributed by atoms with E-state index < -0.39 is 69.0 Å². The summed E-state index contributed by atoms with van der Waals surface area (Å²) in [6.45, 7) is -0.513. The number of esters is 1. The van der Waals surface area contributed by atoms with Gasteiger partial charge in [-0.25, -0.2) is 4.79 Å². The SMILES string of the molecule is CN[C@H]1Cc2c(cccc2CO)C#CCC[C@]23C[C@H]4C=C[C@H]5C[C@H](O)C[C@@]6(O)CC[C@](O)([C@H]4[C@@]56C=O)[C@@]2(O)C[C@@H]2C[C@H]1[C@@H]1OC(=O)C=C1[C@@]23CO. The van der Waals surface area contributed by atoms with Gasteiger partial charge in [0.1, 0.15) is 18.0 Å². The summed E-state index contributed by atoms with van der Waals surface area (Å²) in [4.78, 5) is 27.0. The largest absolute Gasteiger partial charge is 0.454 e. The molecule has 272 valence electrons. The van der Waals surface area contributed by atoms with Crippen LogP contribution >= 0.6 is 0 Å². The number of rotatable bonds is 4. The monoisotopic (exact) mass is 699 g/mol. The first-order chi connectivity index (χ1) is 24.4. The van der Waals surface area contributed by atoms with E-state index in [2.05, 4.69) is 17.2 Å². The van der Waals surface area contributed by atoms with Gasteiger partial charge >= 0.3 is 5.97 Å². The highest BCUT2D eigenvalue weighted by atomic mass is 16.5. The van der Waals surface area contributed by atoms with Gasteiger partial charge in [0, 0.05) is 53.2 Å². The number of hydrogen-bond acceptors (Lipinski definition) is 10. The topological polar surface area (TPSA) is 177 Å². The highest BCUT2D eigenvalue weighted by Gasteiger charge is 2.86. The number of ether oxygens (including phenoxy) is 1. The van der Waals surface area contributed by atoms with E-state index in [0.29, 0.717) is 37.7 Å². The minimum Gasteiger partial charge on any atom is -0.454 e. The average molecular weight is 700 g/mol. The Morgan fingerprint density at radius 1 is 1.06 bits per heavy atom. The van der Waals surface area contributed by atoms with E-state index in [1.54, 1.807) is 0 Å². The summed E-state index contributed by atoms with van der Waals surface area (Å²) in [5.41, 5.74) is -5.77. The summed E-state index contributed by atoms with van der Waals surface area (Å²) in [5, 5.41) is 76.2. The lowest BCUT2D eigenvalue weighted by molar-refractivity contribution is -0.342. The van der Waals surface area contributed by atoms with Gasteiger partial charge < -0.3 is 45.5 Å². The normalized spacial score (nSPS) is 50.1. The molecule has 14 atom stereocenters. The van der Waals surface area contributed by atoms with Crippen LogP contribution in [0.15, 0.2) is 42.0 Å². The molecule has 10 nitrogen and oxygen atoms in total. The summed E-state index contributed by atoms with van der Waals surface area (Å²) in [6, 6.07) is 5.50. The molecule has 51 heavy (non-hydrogen) atoms. The molecule has 1 aromatic rings. The molecule has 9 aliphatic rings. The zero-order valence-electron chi connectivity index (χ0n) is 29.1. The van der Waals surface area contributed by atoms with Gasteiger partial charge in [-0.2, -0.15) is 0 Å². The quantitative estimate of drug-likeness (QED) is 0.105. The van der Waals surface area contributed by atoms with Gasteiger partial charge in [-0.15, -0.1) is 0 Å². The Balaban J connectivity index is 1.29.